The molecule has 0 bridgehead atoms. The molecule has 0 fully saturated rings. The first-order valence-electron chi connectivity index (χ1n) is 4.06. The molecule has 0 aromatic heterocycles. The van der Waals surface area contributed by atoms with E-state index in [4.69, 9.17) is 4.74 Å². The third-order valence-electron chi connectivity index (χ3n) is 1.74. The molecule has 1 atom stereocenters. The van der Waals surface area contributed by atoms with E-state index in [-0.39, 0.29) is 11.5 Å². The zero-order valence-corrected chi connectivity index (χ0v) is 7.65. The maximum Gasteiger partial charge on any atom is 0.169 e. The standard InChI is InChI=1S/C10H12O3/c1-7(11)8(2)13-10-6-4-3-5-9(10)12/h3-6,8,12H,1-2H3/t8-/m0/s1. The Morgan fingerprint density at radius 3 is 2.62 bits per heavy atom. The van der Waals surface area contributed by atoms with Crippen molar-refractivity contribution in [2.24, 2.45) is 0 Å². The molecule has 0 saturated carbocycles. The normalized spacial score (nSPS) is 12.2. The molecule has 1 rings (SSSR count). The number of rotatable bonds is 3. The van der Waals surface area contributed by atoms with Crippen LogP contribution in [-0.2, 0) is 4.79 Å². The van der Waals surface area contributed by atoms with Crippen LogP contribution < -0.4 is 4.74 Å². The van der Waals surface area contributed by atoms with Crippen molar-refractivity contribution < 1.29 is 14.6 Å². The maximum atomic E-state index is 10.9. The SMILES string of the molecule is CC(=O)[C@H](C)Oc1ccccc1O. The molecule has 0 aliphatic heterocycles. The topological polar surface area (TPSA) is 46.5 Å². The molecule has 3 heteroatoms. The van der Waals surface area contributed by atoms with Crippen LogP contribution in [0.5, 0.6) is 11.5 Å². The summed E-state index contributed by atoms with van der Waals surface area (Å²) in [6.45, 7) is 3.10. The zero-order chi connectivity index (χ0) is 9.84. The fourth-order valence-corrected chi connectivity index (χ4v) is 0.830. The molecular weight excluding hydrogens is 168 g/mol. The van der Waals surface area contributed by atoms with Gasteiger partial charge in [0.15, 0.2) is 23.4 Å². The Kier molecular flexibility index (Phi) is 2.90. The van der Waals surface area contributed by atoms with E-state index in [0.29, 0.717) is 5.75 Å². The Hall–Kier alpha value is -1.51. The highest BCUT2D eigenvalue weighted by Crippen LogP contribution is 2.25. The van der Waals surface area contributed by atoms with Crippen molar-refractivity contribution in [3.63, 3.8) is 0 Å². The second-order valence-electron chi connectivity index (χ2n) is 2.84. The minimum atomic E-state index is -0.520. The second kappa shape index (κ2) is 3.94. The van der Waals surface area contributed by atoms with Gasteiger partial charge in [-0.2, -0.15) is 0 Å². The molecule has 0 aliphatic rings. The van der Waals surface area contributed by atoms with Crippen molar-refractivity contribution in [1.29, 1.82) is 0 Å². The number of aromatic hydroxyl groups is 1. The number of ether oxygens (including phenoxy) is 1. The monoisotopic (exact) mass is 180 g/mol. The molecule has 70 valence electrons. The van der Waals surface area contributed by atoms with E-state index in [1.165, 1.54) is 13.0 Å². The molecule has 0 heterocycles. The number of hydrogen-bond donors (Lipinski definition) is 1. The molecule has 0 unspecified atom stereocenters. The summed E-state index contributed by atoms with van der Waals surface area (Å²) >= 11 is 0. The van der Waals surface area contributed by atoms with Gasteiger partial charge < -0.3 is 9.84 Å². The minimum absolute atomic E-state index is 0.0515. The number of phenols is 1. The van der Waals surface area contributed by atoms with E-state index in [0.717, 1.165) is 0 Å². The third kappa shape index (κ3) is 2.47. The molecular formula is C10H12O3. The van der Waals surface area contributed by atoms with Gasteiger partial charge in [-0.1, -0.05) is 12.1 Å². The van der Waals surface area contributed by atoms with E-state index in [9.17, 15) is 9.90 Å². The first-order chi connectivity index (χ1) is 6.11. The van der Waals surface area contributed by atoms with Crippen LogP contribution in [0.2, 0.25) is 0 Å². The highest BCUT2D eigenvalue weighted by molar-refractivity contribution is 5.80. The third-order valence-corrected chi connectivity index (χ3v) is 1.74. The summed E-state index contributed by atoms with van der Waals surface area (Å²) in [7, 11) is 0. The Bertz CT molecular complexity index is 307. The van der Waals surface area contributed by atoms with Crippen LogP contribution in [0.15, 0.2) is 24.3 Å². The molecule has 1 N–H and O–H groups in total. The van der Waals surface area contributed by atoms with Crippen molar-refractivity contribution in [1.82, 2.24) is 0 Å². The second-order valence-corrected chi connectivity index (χ2v) is 2.84. The summed E-state index contributed by atoms with van der Waals surface area (Å²) in [6, 6.07) is 6.57. The lowest BCUT2D eigenvalue weighted by molar-refractivity contribution is -0.122. The van der Waals surface area contributed by atoms with Crippen molar-refractivity contribution in [3.05, 3.63) is 24.3 Å². The molecule has 0 amide bonds. The molecule has 0 aliphatic carbocycles. The quantitative estimate of drug-likeness (QED) is 0.770. The van der Waals surface area contributed by atoms with E-state index < -0.39 is 6.10 Å². The molecule has 1 aromatic carbocycles. The molecule has 0 spiro atoms. The summed E-state index contributed by atoms with van der Waals surface area (Å²) in [4.78, 5) is 10.9. The van der Waals surface area contributed by atoms with Crippen LogP contribution in [0.4, 0.5) is 0 Å². The predicted octanol–water partition coefficient (Wildman–Crippen LogP) is 1.75. The van der Waals surface area contributed by atoms with E-state index in [1.807, 2.05) is 0 Å². The minimum Gasteiger partial charge on any atom is -0.504 e. The Morgan fingerprint density at radius 1 is 1.46 bits per heavy atom. The maximum absolute atomic E-state index is 10.9. The summed E-state index contributed by atoms with van der Waals surface area (Å²) < 4.78 is 5.21. The Labute approximate surface area is 77.0 Å². The van der Waals surface area contributed by atoms with Crippen LogP contribution in [0.3, 0.4) is 0 Å². The number of ketones is 1. The average Bonchev–Trinajstić information content (AvgIpc) is 2.08. The van der Waals surface area contributed by atoms with Gasteiger partial charge in [-0.15, -0.1) is 0 Å². The highest BCUT2D eigenvalue weighted by Gasteiger charge is 2.10. The molecule has 0 saturated heterocycles. The lowest BCUT2D eigenvalue weighted by Crippen LogP contribution is -2.20. The van der Waals surface area contributed by atoms with Crippen LogP contribution in [0.25, 0.3) is 0 Å². The van der Waals surface area contributed by atoms with Crippen LogP contribution >= 0.6 is 0 Å². The average molecular weight is 180 g/mol. The van der Waals surface area contributed by atoms with Crippen molar-refractivity contribution in [3.8, 4) is 11.5 Å². The fourth-order valence-electron chi connectivity index (χ4n) is 0.830. The van der Waals surface area contributed by atoms with Crippen LogP contribution in [0, 0.1) is 0 Å². The molecule has 3 nitrogen and oxygen atoms in total. The number of benzene rings is 1. The lowest BCUT2D eigenvalue weighted by atomic mass is 10.3. The van der Waals surface area contributed by atoms with Crippen molar-refractivity contribution in [2.45, 2.75) is 20.0 Å². The molecule has 13 heavy (non-hydrogen) atoms. The van der Waals surface area contributed by atoms with E-state index in [2.05, 4.69) is 0 Å². The van der Waals surface area contributed by atoms with Gasteiger partial charge in [-0.3, -0.25) is 4.79 Å². The van der Waals surface area contributed by atoms with Gasteiger partial charge in [0.1, 0.15) is 0 Å². The number of Topliss-reactive ketones (excluding diaryl/α,β-unsaturated/α-hetero) is 1. The highest BCUT2D eigenvalue weighted by atomic mass is 16.5. The smallest absolute Gasteiger partial charge is 0.169 e. The first kappa shape index (κ1) is 9.58. The number of carbonyl (C=O) groups is 1. The Morgan fingerprint density at radius 2 is 2.08 bits per heavy atom. The van der Waals surface area contributed by atoms with Gasteiger partial charge in [-0.05, 0) is 26.0 Å². The first-order valence-corrected chi connectivity index (χ1v) is 4.06. The predicted molar refractivity (Wildman–Crippen MR) is 48.9 cm³/mol. The van der Waals surface area contributed by atoms with Gasteiger partial charge >= 0.3 is 0 Å². The largest absolute Gasteiger partial charge is 0.504 e. The van der Waals surface area contributed by atoms with Crippen molar-refractivity contribution >= 4 is 5.78 Å². The van der Waals surface area contributed by atoms with Gasteiger partial charge in [0.2, 0.25) is 0 Å². The number of para-hydroxylation sites is 2. The zero-order valence-electron chi connectivity index (χ0n) is 7.65. The van der Waals surface area contributed by atoms with Gasteiger partial charge in [-0.25, -0.2) is 0 Å². The summed E-state index contributed by atoms with van der Waals surface area (Å²) in [5, 5.41) is 9.30. The van der Waals surface area contributed by atoms with E-state index >= 15 is 0 Å². The summed E-state index contributed by atoms with van der Waals surface area (Å²) in [5.41, 5.74) is 0. The van der Waals surface area contributed by atoms with Crippen LogP contribution in [-0.4, -0.2) is 17.0 Å². The fraction of sp³-hybridized carbons (Fsp3) is 0.300. The summed E-state index contributed by atoms with van der Waals surface area (Å²) in [6.07, 6.45) is -0.520. The van der Waals surface area contributed by atoms with Gasteiger partial charge in [0.25, 0.3) is 0 Å². The number of phenolic OH excluding ortho intramolecular Hbond substituents is 1. The van der Waals surface area contributed by atoms with Gasteiger partial charge in [0.05, 0.1) is 0 Å². The van der Waals surface area contributed by atoms with Gasteiger partial charge in [0, 0.05) is 0 Å². The summed E-state index contributed by atoms with van der Waals surface area (Å²) in [5.74, 6) is 0.323. The molecule has 1 aromatic rings. The van der Waals surface area contributed by atoms with E-state index in [1.54, 1.807) is 25.1 Å². The van der Waals surface area contributed by atoms with Crippen LogP contribution in [0.1, 0.15) is 13.8 Å². The number of hydrogen-bond acceptors (Lipinski definition) is 3. The Balaban J connectivity index is 2.74. The molecule has 0 radical (unpaired) electrons. The number of carbonyl (C=O) groups excluding carboxylic acids is 1. The van der Waals surface area contributed by atoms with Crippen molar-refractivity contribution in [2.75, 3.05) is 0 Å². The lowest BCUT2D eigenvalue weighted by Gasteiger charge is -2.12.